The van der Waals surface area contributed by atoms with E-state index in [1.54, 1.807) is 34.7 Å². The SMILES string of the molecule is N=Nc1c2cc(-c3ccc(C(=O)O)cc3)ccc2n2c(=O)c3ccccc3[nH]c12. The highest BCUT2D eigenvalue weighted by Gasteiger charge is 2.17. The van der Waals surface area contributed by atoms with Crippen LogP contribution in [0.4, 0.5) is 5.69 Å². The van der Waals surface area contributed by atoms with E-state index in [0.29, 0.717) is 33.1 Å². The summed E-state index contributed by atoms with van der Waals surface area (Å²) in [5.74, 6) is -0.980. The highest BCUT2D eigenvalue weighted by atomic mass is 16.4. The molecule has 0 saturated carbocycles. The van der Waals surface area contributed by atoms with E-state index in [9.17, 15) is 9.59 Å². The predicted octanol–water partition coefficient (Wildman–Crippen LogP) is 4.96. The number of rotatable bonds is 3. The van der Waals surface area contributed by atoms with Gasteiger partial charge in [0, 0.05) is 5.39 Å². The molecule has 2 aromatic heterocycles. The quantitative estimate of drug-likeness (QED) is 0.383. The number of hydrogen-bond donors (Lipinski definition) is 3. The molecule has 0 fully saturated rings. The van der Waals surface area contributed by atoms with Crippen LogP contribution in [0.5, 0.6) is 0 Å². The lowest BCUT2D eigenvalue weighted by Gasteiger charge is -2.04. The zero-order chi connectivity index (χ0) is 20.1. The molecule has 3 aromatic carbocycles. The van der Waals surface area contributed by atoms with Crippen molar-refractivity contribution >= 4 is 39.1 Å². The van der Waals surface area contributed by atoms with Crippen LogP contribution in [-0.2, 0) is 0 Å². The molecule has 0 radical (unpaired) electrons. The van der Waals surface area contributed by atoms with Crippen molar-refractivity contribution in [2.24, 2.45) is 5.11 Å². The fourth-order valence-corrected chi connectivity index (χ4v) is 3.73. The molecule has 5 rings (SSSR count). The van der Waals surface area contributed by atoms with Gasteiger partial charge in [-0.1, -0.05) is 30.3 Å². The van der Waals surface area contributed by atoms with E-state index in [4.69, 9.17) is 10.6 Å². The van der Waals surface area contributed by atoms with E-state index < -0.39 is 5.97 Å². The number of carbonyl (C=O) groups is 1. The van der Waals surface area contributed by atoms with Crippen LogP contribution < -0.4 is 5.56 Å². The summed E-state index contributed by atoms with van der Waals surface area (Å²) in [5, 5.41) is 14.0. The number of nitrogens with one attached hydrogen (secondary N) is 2. The Balaban J connectivity index is 1.82. The Hall–Kier alpha value is -4.26. The summed E-state index contributed by atoms with van der Waals surface area (Å²) in [6.07, 6.45) is 0. The molecule has 0 aliphatic heterocycles. The number of H-pyrrole nitrogens is 1. The Labute approximate surface area is 163 Å². The minimum atomic E-state index is -0.980. The number of fused-ring (bicyclic) bond motifs is 4. The van der Waals surface area contributed by atoms with Crippen LogP contribution >= 0.6 is 0 Å². The van der Waals surface area contributed by atoms with Crippen molar-refractivity contribution in [3.05, 3.63) is 82.6 Å². The molecule has 2 heterocycles. The average Bonchev–Trinajstić information content (AvgIpc) is 3.06. The van der Waals surface area contributed by atoms with Crippen LogP contribution in [0.3, 0.4) is 0 Å². The fourth-order valence-electron chi connectivity index (χ4n) is 3.73. The first-order chi connectivity index (χ1) is 14.1. The van der Waals surface area contributed by atoms with Gasteiger partial charge in [0.1, 0.15) is 11.3 Å². The van der Waals surface area contributed by atoms with Crippen molar-refractivity contribution < 1.29 is 9.90 Å². The number of benzene rings is 3. The second-order valence-corrected chi connectivity index (χ2v) is 6.73. The van der Waals surface area contributed by atoms with E-state index in [0.717, 1.165) is 11.1 Å². The lowest BCUT2D eigenvalue weighted by Crippen LogP contribution is -2.13. The molecule has 0 bridgehead atoms. The first-order valence-corrected chi connectivity index (χ1v) is 8.89. The number of carboxylic acid groups (broad SMARTS) is 1. The predicted molar refractivity (Wildman–Crippen MR) is 110 cm³/mol. The van der Waals surface area contributed by atoms with Crippen LogP contribution in [0.2, 0.25) is 0 Å². The zero-order valence-electron chi connectivity index (χ0n) is 15.0. The van der Waals surface area contributed by atoms with E-state index in [1.807, 2.05) is 36.4 Å². The van der Waals surface area contributed by atoms with Gasteiger partial charge in [-0.05, 0) is 47.5 Å². The molecular weight excluding hydrogens is 368 g/mol. The number of para-hydroxylation sites is 1. The molecule has 0 saturated heterocycles. The van der Waals surface area contributed by atoms with Gasteiger partial charge in [-0.2, -0.15) is 5.11 Å². The van der Waals surface area contributed by atoms with Gasteiger partial charge < -0.3 is 10.1 Å². The first kappa shape index (κ1) is 16.9. The van der Waals surface area contributed by atoms with Crippen molar-refractivity contribution in [2.45, 2.75) is 0 Å². The van der Waals surface area contributed by atoms with Gasteiger partial charge in [0.05, 0.1) is 22.0 Å². The fraction of sp³-hybridized carbons (Fsp3) is 0. The normalized spacial score (nSPS) is 11.3. The van der Waals surface area contributed by atoms with E-state index in [-0.39, 0.29) is 11.1 Å². The molecule has 29 heavy (non-hydrogen) atoms. The summed E-state index contributed by atoms with van der Waals surface area (Å²) >= 11 is 0. The molecule has 7 nitrogen and oxygen atoms in total. The Bertz CT molecular complexity index is 1510. The lowest BCUT2D eigenvalue weighted by atomic mass is 10.0. The van der Waals surface area contributed by atoms with Gasteiger partial charge in [0.25, 0.3) is 5.56 Å². The molecule has 0 unspecified atom stereocenters. The third-order valence-corrected chi connectivity index (χ3v) is 5.13. The third-order valence-electron chi connectivity index (χ3n) is 5.13. The highest BCUT2D eigenvalue weighted by molar-refractivity contribution is 6.03. The highest BCUT2D eigenvalue weighted by Crippen LogP contribution is 2.35. The molecular formula is C22H14N4O3. The summed E-state index contributed by atoms with van der Waals surface area (Å²) in [7, 11) is 0. The first-order valence-electron chi connectivity index (χ1n) is 8.89. The molecule has 0 atom stereocenters. The summed E-state index contributed by atoms with van der Waals surface area (Å²) in [6.45, 7) is 0. The standard InChI is InChI=1S/C22H14N4O3/c23-25-19-16-11-14(12-5-7-13(8-6-12)22(28)29)9-10-18(16)26-20(19)24-17-4-2-1-3-15(17)21(26)27/h1-11,23-24H,(H,28,29). The molecule has 7 heteroatoms. The number of aromatic nitrogens is 2. The number of aromatic carboxylic acids is 1. The molecule has 140 valence electrons. The van der Waals surface area contributed by atoms with Crippen molar-refractivity contribution in [3.63, 3.8) is 0 Å². The van der Waals surface area contributed by atoms with Gasteiger partial charge in [0.15, 0.2) is 0 Å². The summed E-state index contributed by atoms with van der Waals surface area (Å²) in [4.78, 5) is 27.4. The zero-order valence-corrected chi connectivity index (χ0v) is 15.0. The van der Waals surface area contributed by atoms with Gasteiger partial charge in [-0.3, -0.25) is 9.20 Å². The van der Waals surface area contributed by atoms with Crippen molar-refractivity contribution in [1.82, 2.24) is 9.38 Å². The smallest absolute Gasteiger partial charge is 0.335 e. The lowest BCUT2D eigenvalue weighted by molar-refractivity contribution is 0.0697. The molecule has 3 N–H and O–H groups in total. The Kier molecular flexibility index (Phi) is 3.57. The summed E-state index contributed by atoms with van der Waals surface area (Å²) in [6, 6.07) is 19.3. The molecule has 5 aromatic rings. The van der Waals surface area contributed by atoms with Crippen LogP contribution in [0.25, 0.3) is 38.6 Å². The second kappa shape index (κ2) is 6.13. The maximum atomic E-state index is 13.1. The largest absolute Gasteiger partial charge is 0.478 e. The Morgan fingerprint density at radius 3 is 2.41 bits per heavy atom. The second-order valence-electron chi connectivity index (χ2n) is 6.73. The van der Waals surface area contributed by atoms with Crippen LogP contribution in [0.15, 0.2) is 76.6 Å². The molecule has 0 aliphatic rings. The van der Waals surface area contributed by atoms with E-state index >= 15 is 0 Å². The van der Waals surface area contributed by atoms with Gasteiger partial charge >= 0.3 is 5.97 Å². The monoisotopic (exact) mass is 382 g/mol. The number of hydrogen-bond acceptors (Lipinski definition) is 4. The Morgan fingerprint density at radius 1 is 0.966 bits per heavy atom. The number of nitrogens with zero attached hydrogens (tertiary/aromatic N) is 2. The minimum Gasteiger partial charge on any atom is -0.478 e. The van der Waals surface area contributed by atoms with Gasteiger partial charge in [0.2, 0.25) is 0 Å². The van der Waals surface area contributed by atoms with E-state index in [2.05, 4.69) is 10.1 Å². The van der Waals surface area contributed by atoms with Crippen molar-refractivity contribution in [2.75, 3.05) is 0 Å². The maximum absolute atomic E-state index is 13.1. The van der Waals surface area contributed by atoms with Crippen LogP contribution in [0.1, 0.15) is 10.4 Å². The van der Waals surface area contributed by atoms with Crippen molar-refractivity contribution in [3.8, 4) is 11.1 Å². The average molecular weight is 382 g/mol. The Morgan fingerprint density at radius 2 is 1.69 bits per heavy atom. The summed E-state index contributed by atoms with van der Waals surface area (Å²) < 4.78 is 1.54. The van der Waals surface area contributed by atoms with Crippen LogP contribution in [0, 0.1) is 5.53 Å². The topological polar surface area (TPSA) is 111 Å². The van der Waals surface area contributed by atoms with Gasteiger partial charge in [-0.25, -0.2) is 10.3 Å². The molecule has 0 amide bonds. The van der Waals surface area contributed by atoms with E-state index in [1.165, 1.54) is 0 Å². The molecule has 0 aliphatic carbocycles. The summed E-state index contributed by atoms with van der Waals surface area (Å²) in [5.41, 5.74) is 11.6. The third kappa shape index (κ3) is 2.45. The molecule has 0 spiro atoms. The van der Waals surface area contributed by atoms with Crippen molar-refractivity contribution in [1.29, 1.82) is 5.53 Å². The van der Waals surface area contributed by atoms with Gasteiger partial charge in [-0.15, -0.1) is 0 Å². The maximum Gasteiger partial charge on any atom is 0.335 e. The number of aromatic amines is 1. The number of carboxylic acids is 1. The minimum absolute atomic E-state index is 0.173. The van der Waals surface area contributed by atoms with Crippen LogP contribution in [-0.4, -0.2) is 20.5 Å².